The van der Waals surface area contributed by atoms with Crippen molar-refractivity contribution < 1.29 is 4.79 Å². The van der Waals surface area contributed by atoms with Crippen molar-refractivity contribution in [3.05, 3.63) is 11.1 Å². The second-order valence-electron chi connectivity index (χ2n) is 2.74. The Bertz CT molecular complexity index is 191. The summed E-state index contributed by atoms with van der Waals surface area (Å²) in [6.07, 6.45) is 0. The maximum absolute atomic E-state index is 11.0. The third-order valence-corrected chi connectivity index (χ3v) is 1.84. The largest absolute Gasteiger partial charge is 0.332 e. The Hall–Kier alpha value is -0.350. The monoisotopic (exact) mass is 218 g/mol. The lowest BCUT2D eigenvalue weighted by atomic mass is 10.5. The summed E-state index contributed by atoms with van der Waals surface area (Å²) in [5.41, 5.74) is 0. The van der Waals surface area contributed by atoms with E-state index in [4.69, 9.17) is 0 Å². The summed E-state index contributed by atoms with van der Waals surface area (Å²) >= 11 is 3.26. The molecule has 11 heavy (non-hydrogen) atoms. The van der Waals surface area contributed by atoms with Gasteiger partial charge in [0.2, 0.25) is 5.91 Å². The maximum atomic E-state index is 11.0. The molecule has 3 nitrogen and oxygen atoms in total. The van der Waals surface area contributed by atoms with E-state index in [1.165, 1.54) is 0 Å². The van der Waals surface area contributed by atoms with E-state index in [2.05, 4.69) is 22.5 Å². The van der Waals surface area contributed by atoms with Crippen molar-refractivity contribution in [3.8, 4) is 0 Å². The molecule has 4 heteroatoms. The van der Waals surface area contributed by atoms with Crippen LogP contribution >= 0.6 is 15.9 Å². The number of likely N-dealkylation sites (N-methyl/N-ethyl adjacent to an activating group) is 1. The molecule has 0 aliphatic carbocycles. The molecule has 0 bridgehead atoms. The van der Waals surface area contributed by atoms with Crippen molar-refractivity contribution >= 4 is 21.8 Å². The van der Waals surface area contributed by atoms with Crippen LogP contribution in [-0.2, 0) is 4.79 Å². The summed E-state index contributed by atoms with van der Waals surface area (Å²) in [6.45, 7) is 5.69. The second kappa shape index (κ2) is 3.36. The number of amides is 1. The lowest BCUT2D eigenvalue weighted by molar-refractivity contribution is -0.125. The first kappa shape index (κ1) is 8.74. The topological polar surface area (TPSA) is 23.6 Å². The van der Waals surface area contributed by atoms with Gasteiger partial charge in [-0.15, -0.1) is 0 Å². The predicted octanol–water partition coefficient (Wildman–Crippen LogP) is 0.626. The zero-order valence-electron chi connectivity index (χ0n) is 6.51. The van der Waals surface area contributed by atoms with E-state index in [1.54, 1.807) is 11.9 Å². The maximum Gasteiger partial charge on any atom is 0.237 e. The molecule has 1 fully saturated rings. The molecule has 1 rings (SSSR count). The molecule has 0 aromatic rings. The quantitative estimate of drug-likeness (QED) is 0.679. The van der Waals surface area contributed by atoms with Gasteiger partial charge in [-0.25, -0.2) is 0 Å². The van der Waals surface area contributed by atoms with Crippen LogP contribution in [-0.4, -0.2) is 42.5 Å². The van der Waals surface area contributed by atoms with Gasteiger partial charge in [0.15, 0.2) is 0 Å². The van der Waals surface area contributed by atoms with Crippen molar-refractivity contribution in [2.45, 2.75) is 0 Å². The molecule has 0 atom stereocenters. The number of nitrogens with zero attached hydrogens (tertiary/aromatic N) is 2. The van der Waals surface area contributed by atoms with Crippen LogP contribution in [0.2, 0.25) is 0 Å². The Kier molecular flexibility index (Phi) is 2.67. The molecule has 0 saturated carbocycles. The van der Waals surface area contributed by atoms with E-state index in [-0.39, 0.29) is 5.91 Å². The minimum atomic E-state index is 0.179. The van der Waals surface area contributed by atoms with Gasteiger partial charge in [0.25, 0.3) is 0 Å². The standard InChI is InChI=1S/C7H11BrN2O/c1-6(8)3-10-4-7(11)9(2)5-10/h1,3-5H2,2H3. The molecule has 0 N–H and O–H groups in total. The Morgan fingerprint density at radius 2 is 2.45 bits per heavy atom. The van der Waals surface area contributed by atoms with Gasteiger partial charge in [0.1, 0.15) is 0 Å². The zero-order chi connectivity index (χ0) is 8.43. The number of carbonyl (C=O) groups is 1. The number of carbonyl (C=O) groups excluding carboxylic acids is 1. The minimum absolute atomic E-state index is 0.179. The summed E-state index contributed by atoms with van der Waals surface area (Å²) in [5.74, 6) is 0.179. The fraction of sp³-hybridized carbons (Fsp3) is 0.571. The van der Waals surface area contributed by atoms with Crippen LogP contribution in [0.5, 0.6) is 0 Å². The fourth-order valence-electron chi connectivity index (χ4n) is 1.09. The van der Waals surface area contributed by atoms with Crippen LogP contribution in [0, 0.1) is 0 Å². The van der Waals surface area contributed by atoms with Crippen LogP contribution in [0.25, 0.3) is 0 Å². The highest BCUT2D eigenvalue weighted by Crippen LogP contribution is 2.09. The van der Waals surface area contributed by atoms with Gasteiger partial charge in [0.05, 0.1) is 13.2 Å². The van der Waals surface area contributed by atoms with Gasteiger partial charge in [-0.05, 0) is 0 Å². The highest BCUT2D eigenvalue weighted by Gasteiger charge is 2.23. The van der Waals surface area contributed by atoms with E-state index < -0.39 is 0 Å². The molecule has 1 aliphatic rings. The predicted molar refractivity (Wildman–Crippen MR) is 47.3 cm³/mol. The molecule has 62 valence electrons. The van der Waals surface area contributed by atoms with Crippen molar-refractivity contribution in [3.63, 3.8) is 0 Å². The van der Waals surface area contributed by atoms with Gasteiger partial charge in [0, 0.05) is 18.1 Å². The van der Waals surface area contributed by atoms with E-state index in [1.807, 2.05) is 4.90 Å². The van der Waals surface area contributed by atoms with Crippen LogP contribution in [0.1, 0.15) is 0 Å². The molecule has 1 amide bonds. The van der Waals surface area contributed by atoms with Crippen molar-refractivity contribution in [2.24, 2.45) is 0 Å². The summed E-state index contributed by atoms with van der Waals surface area (Å²) in [5, 5.41) is 0. The Morgan fingerprint density at radius 3 is 2.82 bits per heavy atom. The van der Waals surface area contributed by atoms with Gasteiger partial charge in [-0.1, -0.05) is 22.5 Å². The molecule has 0 aromatic carbocycles. The Morgan fingerprint density at radius 1 is 1.82 bits per heavy atom. The first-order valence-electron chi connectivity index (χ1n) is 3.39. The minimum Gasteiger partial charge on any atom is -0.332 e. The van der Waals surface area contributed by atoms with Crippen molar-refractivity contribution in [1.82, 2.24) is 9.80 Å². The lowest BCUT2D eigenvalue weighted by Gasteiger charge is -2.12. The van der Waals surface area contributed by atoms with Crippen molar-refractivity contribution in [1.29, 1.82) is 0 Å². The molecular formula is C7H11BrN2O. The number of hydrogen-bond donors (Lipinski definition) is 0. The first-order valence-corrected chi connectivity index (χ1v) is 4.18. The summed E-state index contributed by atoms with van der Waals surface area (Å²) in [4.78, 5) is 14.7. The first-order chi connectivity index (χ1) is 5.09. The third kappa shape index (κ3) is 2.31. The summed E-state index contributed by atoms with van der Waals surface area (Å²) in [6, 6.07) is 0. The number of halogens is 1. The molecule has 0 radical (unpaired) electrons. The van der Waals surface area contributed by atoms with Crippen LogP contribution in [0.3, 0.4) is 0 Å². The Labute approximate surface area is 74.8 Å². The highest BCUT2D eigenvalue weighted by atomic mass is 79.9. The lowest BCUT2D eigenvalue weighted by Crippen LogP contribution is -2.24. The molecular weight excluding hydrogens is 208 g/mol. The smallest absolute Gasteiger partial charge is 0.237 e. The SMILES string of the molecule is C=C(Br)CN1CC(=O)N(C)C1. The van der Waals surface area contributed by atoms with Gasteiger partial charge in [-0.2, -0.15) is 0 Å². The molecule has 0 aromatic heterocycles. The average Bonchev–Trinajstić information content (AvgIpc) is 2.10. The van der Waals surface area contributed by atoms with E-state index in [0.717, 1.165) is 11.0 Å². The highest BCUT2D eigenvalue weighted by molar-refractivity contribution is 9.11. The van der Waals surface area contributed by atoms with Crippen molar-refractivity contribution in [2.75, 3.05) is 26.8 Å². The van der Waals surface area contributed by atoms with Gasteiger partial charge >= 0.3 is 0 Å². The van der Waals surface area contributed by atoms with Gasteiger partial charge in [-0.3, -0.25) is 9.69 Å². The summed E-state index contributed by atoms with van der Waals surface area (Å²) in [7, 11) is 1.80. The van der Waals surface area contributed by atoms with E-state index in [0.29, 0.717) is 13.2 Å². The molecule has 0 unspecified atom stereocenters. The van der Waals surface area contributed by atoms with Gasteiger partial charge < -0.3 is 4.90 Å². The fourth-order valence-corrected chi connectivity index (χ4v) is 1.44. The molecule has 1 aliphatic heterocycles. The Balaban J connectivity index is 2.41. The van der Waals surface area contributed by atoms with E-state index >= 15 is 0 Å². The average molecular weight is 219 g/mol. The van der Waals surface area contributed by atoms with E-state index in [9.17, 15) is 4.79 Å². The van der Waals surface area contributed by atoms with Crippen LogP contribution in [0.4, 0.5) is 0 Å². The summed E-state index contributed by atoms with van der Waals surface area (Å²) < 4.78 is 0.917. The number of rotatable bonds is 2. The zero-order valence-corrected chi connectivity index (χ0v) is 8.10. The second-order valence-corrected chi connectivity index (χ2v) is 3.86. The third-order valence-electron chi connectivity index (χ3n) is 1.59. The number of hydrogen-bond acceptors (Lipinski definition) is 2. The van der Waals surface area contributed by atoms with Crippen LogP contribution in [0.15, 0.2) is 11.1 Å². The molecule has 1 heterocycles. The normalized spacial score (nSPS) is 19.5. The van der Waals surface area contributed by atoms with Crippen LogP contribution < -0.4 is 0 Å². The molecule has 1 saturated heterocycles. The molecule has 0 spiro atoms.